The van der Waals surface area contributed by atoms with Crippen LogP contribution in [0.25, 0.3) is 0 Å². The largest absolute Gasteiger partial charge is 0.491 e. The van der Waals surface area contributed by atoms with Crippen LogP contribution in [0.15, 0.2) is 24.3 Å². The van der Waals surface area contributed by atoms with Crippen LogP contribution in [0.4, 0.5) is 0 Å². The van der Waals surface area contributed by atoms with Crippen LogP contribution in [0.3, 0.4) is 0 Å². The molecule has 1 unspecified atom stereocenters. The molecular formula is C16H23N3O3S. The highest BCUT2D eigenvalue weighted by molar-refractivity contribution is 7.80. The first-order chi connectivity index (χ1) is 11.0. The van der Waals surface area contributed by atoms with Crippen molar-refractivity contribution in [2.45, 2.75) is 46.1 Å². The van der Waals surface area contributed by atoms with Crippen LogP contribution >= 0.6 is 12.2 Å². The molecule has 0 saturated heterocycles. The lowest BCUT2D eigenvalue weighted by molar-refractivity contribution is -0.121. The minimum absolute atomic E-state index is 0.0411. The van der Waals surface area contributed by atoms with Gasteiger partial charge in [-0.05, 0) is 56.2 Å². The first kappa shape index (κ1) is 18.9. The second-order valence-electron chi connectivity index (χ2n) is 5.07. The van der Waals surface area contributed by atoms with Gasteiger partial charge in [0.15, 0.2) is 5.11 Å². The van der Waals surface area contributed by atoms with E-state index in [4.69, 9.17) is 17.0 Å². The Morgan fingerprint density at radius 1 is 1.17 bits per heavy atom. The predicted molar refractivity (Wildman–Crippen MR) is 93.1 cm³/mol. The lowest BCUT2D eigenvalue weighted by Gasteiger charge is -2.13. The second kappa shape index (κ2) is 9.78. The molecule has 126 valence electrons. The van der Waals surface area contributed by atoms with E-state index in [1.807, 2.05) is 20.8 Å². The number of hydrogen-bond donors (Lipinski definition) is 3. The number of benzene rings is 1. The van der Waals surface area contributed by atoms with E-state index in [0.717, 1.165) is 12.8 Å². The van der Waals surface area contributed by atoms with E-state index in [1.54, 1.807) is 24.3 Å². The minimum Gasteiger partial charge on any atom is -0.491 e. The number of carbonyl (C=O) groups excluding carboxylic acids is 2. The third-order valence-electron chi connectivity index (χ3n) is 3.05. The minimum atomic E-state index is -0.359. The fourth-order valence-electron chi connectivity index (χ4n) is 1.62. The Kier molecular flexibility index (Phi) is 8.04. The highest BCUT2D eigenvalue weighted by Gasteiger charge is 2.09. The van der Waals surface area contributed by atoms with E-state index in [-0.39, 0.29) is 23.0 Å². The third-order valence-corrected chi connectivity index (χ3v) is 3.25. The van der Waals surface area contributed by atoms with Crippen LogP contribution in [-0.4, -0.2) is 23.0 Å². The van der Waals surface area contributed by atoms with E-state index in [2.05, 4.69) is 16.2 Å². The number of hydrogen-bond acceptors (Lipinski definition) is 4. The molecule has 6 nitrogen and oxygen atoms in total. The lowest BCUT2D eigenvalue weighted by Crippen LogP contribution is -2.48. The molecule has 1 aromatic rings. The quantitative estimate of drug-likeness (QED) is 0.548. The van der Waals surface area contributed by atoms with Crippen molar-refractivity contribution in [3.05, 3.63) is 29.8 Å². The summed E-state index contributed by atoms with van der Waals surface area (Å²) in [5.41, 5.74) is 5.35. The van der Waals surface area contributed by atoms with E-state index >= 15 is 0 Å². The van der Waals surface area contributed by atoms with Gasteiger partial charge in [-0.2, -0.15) is 0 Å². The van der Waals surface area contributed by atoms with Crippen molar-refractivity contribution >= 4 is 29.1 Å². The Morgan fingerprint density at radius 3 is 2.39 bits per heavy atom. The van der Waals surface area contributed by atoms with E-state index in [9.17, 15) is 9.59 Å². The number of carbonyl (C=O) groups is 2. The normalized spacial score (nSPS) is 11.3. The van der Waals surface area contributed by atoms with Gasteiger partial charge in [0.2, 0.25) is 5.91 Å². The van der Waals surface area contributed by atoms with Crippen molar-refractivity contribution in [2.24, 2.45) is 0 Å². The predicted octanol–water partition coefficient (Wildman–Crippen LogP) is 2.30. The van der Waals surface area contributed by atoms with E-state index < -0.39 is 0 Å². The Labute approximate surface area is 141 Å². The van der Waals surface area contributed by atoms with Crippen molar-refractivity contribution in [3.63, 3.8) is 0 Å². The Morgan fingerprint density at radius 2 is 1.83 bits per heavy atom. The van der Waals surface area contributed by atoms with Crippen molar-refractivity contribution in [3.8, 4) is 5.75 Å². The monoisotopic (exact) mass is 337 g/mol. The maximum absolute atomic E-state index is 12.0. The molecule has 1 atom stereocenters. The number of amides is 2. The molecule has 23 heavy (non-hydrogen) atoms. The zero-order valence-corrected chi connectivity index (χ0v) is 14.5. The molecule has 0 heterocycles. The zero-order valence-electron chi connectivity index (χ0n) is 13.6. The molecule has 0 bridgehead atoms. The highest BCUT2D eigenvalue weighted by atomic mass is 32.1. The second-order valence-corrected chi connectivity index (χ2v) is 5.48. The van der Waals surface area contributed by atoms with Crippen LogP contribution < -0.4 is 20.9 Å². The fourth-order valence-corrected chi connectivity index (χ4v) is 1.77. The van der Waals surface area contributed by atoms with Crippen LogP contribution in [0.1, 0.15) is 50.4 Å². The molecule has 0 aliphatic heterocycles. The first-order valence-corrected chi connectivity index (χ1v) is 8.04. The van der Waals surface area contributed by atoms with Gasteiger partial charge in [-0.3, -0.25) is 25.8 Å². The molecular weight excluding hydrogens is 314 g/mol. The maximum atomic E-state index is 12.0. The van der Waals surface area contributed by atoms with Gasteiger partial charge in [0, 0.05) is 12.0 Å². The summed E-state index contributed by atoms with van der Waals surface area (Å²) >= 11 is 4.95. The number of ether oxygens (including phenoxy) is 1. The zero-order chi connectivity index (χ0) is 17.2. The number of nitrogens with one attached hydrogen (secondary N) is 3. The number of thiocarbonyl (C=S) groups is 1. The SMILES string of the molecule is CCCC(=O)NNC(=S)NC(=O)c1ccc(OC(C)CC)cc1. The van der Waals surface area contributed by atoms with Crippen LogP contribution in [0.5, 0.6) is 5.75 Å². The van der Waals surface area contributed by atoms with Crippen molar-refractivity contribution < 1.29 is 14.3 Å². The summed E-state index contributed by atoms with van der Waals surface area (Å²) < 4.78 is 5.65. The Bertz CT molecular complexity index is 546. The van der Waals surface area contributed by atoms with E-state index in [1.165, 1.54) is 0 Å². The fraction of sp³-hybridized carbons (Fsp3) is 0.438. The average molecular weight is 337 g/mol. The standard InChI is InChI=1S/C16H23N3O3S/c1-4-6-14(20)18-19-16(23)17-15(21)12-7-9-13(10-8-12)22-11(3)5-2/h7-11H,4-6H2,1-3H3,(H,18,20)(H2,17,19,21,23). The smallest absolute Gasteiger partial charge is 0.257 e. The Hall–Kier alpha value is -2.15. The van der Waals surface area contributed by atoms with Gasteiger partial charge in [-0.25, -0.2) is 0 Å². The molecule has 1 aromatic carbocycles. The number of hydrazine groups is 1. The first-order valence-electron chi connectivity index (χ1n) is 7.63. The van der Waals surface area contributed by atoms with Crippen molar-refractivity contribution in [1.82, 2.24) is 16.2 Å². The van der Waals surface area contributed by atoms with Gasteiger partial charge < -0.3 is 4.74 Å². The molecule has 0 radical (unpaired) electrons. The highest BCUT2D eigenvalue weighted by Crippen LogP contribution is 2.14. The molecule has 0 spiro atoms. The van der Waals surface area contributed by atoms with Crippen molar-refractivity contribution in [1.29, 1.82) is 0 Å². The van der Waals surface area contributed by atoms with Gasteiger partial charge in [0.25, 0.3) is 5.91 Å². The molecule has 0 aliphatic rings. The molecule has 7 heteroatoms. The maximum Gasteiger partial charge on any atom is 0.257 e. The molecule has 0 fully saturated rings. The summed E-state index contributed by atoms with van der Waals surface area (Å²) in [6.45, 7) is 5.92. The molecule has 2 amide bonds. The lowest BCUT2D eigenvalue weighted by atomic mass is 10.2. The van der Waals surface area contributed by atoms with Gasteiger partial charge in [0.05, 0.1) is 6.10 Å². The van der Waals surface area contributed by atoms with Crippen molar-refractivity contribution in [2.75, 3.05) is 0 Å². The van der Waals surface area contributed by atoms with Gasteiger partial charge in [-0.15, -0.1) is 0 Å². The summed E-state index contributed by atoms with van der Waals surface area (Å²) in [6, 6.07) is 6.79. The van der Waals surface area contributed by atoms with Gasteiger partial charge in [0.1, 0.15) is 5.75 Å². The van der Waals surface area contributed by atoms with Crippen LogP contribution in [0, 0.1) is 0 Å². The topological polar surface area (TPSA) is 79.5 Å². The summed E-state index contributed by atoms with van der Waals surface area (Å²) in [7, 11) is 0. The molecule has 3 N–H and O–H groups in total. The van der Waals surface area contributed by atoms with Crippen LogP contribution in [0.2, 0.25) is 0 Å². The van der Waals surface area contributed by atoms with E-state index in [0.29, 0.717) is 17.7 Å². The van der Waals surface area contributed by atoms with Gasteiger partial charge in [-0.1, -0.05) is 13.8 Å². The third kappa shape index (κ3) is 7.10. The average Bonchev–Trinajstić information content (AvgIpc) is 2.53. The van der Waals surface area contributed by atoms with Gasteiger partial charge >= 0.3 is 0 Å². The molecule has 0 aliphatic carbocycles. The Balaban J connectivity index is 2.48. The summed E-state index contributed by atoms with van der Waals surface area (Å²) in [5.74, 6) is 0.168. The number of rotatable bonds is 6. The van der Waals surface area contributed by atoms with Crippen LogP contribution in [-0.2, 0) is 4.79 Å². The molecule has 0 saturated carbocycles. The molecule has 0 aromatic heterocycles. The summed E-state index contributed by atoms with van der Waals surface area (Å²) in [5, 5.41) is 2.53. The summed E-state index contributed by atoms with van der Waals surface area (Å²) in [6.07, 6.45) is 2.16. The summed E-state index contributed by atoms with van der Waals surface area (Å²) in [4.78, 5) is 23.3. The molecule has 1 rings (SSSR count).